The Labute approximate surface area is 158 Å². The largest absolute Gasteiger partial charge is 0.496 e. The van der Waals surface area contributed by atoms with Gasteiger partial charge in [0.2, 0.25) is 5.95 Å². The molecule has 0 aliphatic carbocycles. The highest BCUT2D eigenvalue weighted by molar-refractivity contribution is 8.00. The number of thioether (sulfide) groups is 1. The van der Waals surface area contributed by atoms with Crippen LogP contribution in [0.3, 0.4) is 0 Å². The molecule has 0 aliphatic rings. The summed E-state index contributed by atoms with van der Waals surface area (Å²) < 4.78 is 7.75. The average Bonchev–Trinajstić information content (AvgIpc) is 3.33. The number of rotatable bonds is 6. The van der Waals surface area contributed by atoms with Crippen molar-refractivity contribution in [3.63, 3.8) is 0 Å². The van der Waals surface area contributed by atoms with Crippen molar-refractivity contribution in [1.82, 2.24) is 20.2 Å². The van der Waals surface area contributed by atoms with Gasteiger partial charge in [-0.05, 0) is 35.9 Å². The van der Waals surface area contributed by atoms with Gasteiger partial charge in [-0.1, -0.05) is 23.9 Å². The zero-order valence-corrected chi connectivity index (χ0v) is 15.5. The van der Waals surface area contributed by atoms with Crippen LogP contribution in [0.25, 0.3) is 10.2 Å². The molecule has 0 unspecified atom stereocenters. The second-order valence-electron chi connectivity index (χ2n) is 5.37. The number of ether oxygens (including phenoxy) is 1. The van der Waals surface area contributed by atoms with Crippen LogP contribution >= 0.6 is 23.1 Å². The number of thiazole rings is 1. The van der Waals surface area contributed by atoms with E-state index in [2.05, 4.69) is 37.3 Å². The van der Waals surface area contributed by atoms with Gasteiger partial charge in [0.1, 0.15) is 12.1 Å². The van der Waals surface area contributed by atoms with E-state index < -0.39 is 0 Å². The molecular formula is C18H15N5OS2. The topological polar surface area (TPSA) is 76.1 Å². The summed E-state index contributed by atoms with van der Waals surface area (Å²) in [6, 6.07) is 14.2. The monoisotopic (exact) mass is 381 g/mol. The van der Waals surface area contributed by atoms with E-state index in [1.165, 1.54) is 11.0 Å². The van der Waals surface area contributed by atoms with Gasteiger partial charge in [-0.3, -0.25) is 0 Å². The Morgan fingerprint density at radius 3 is 3.00 bits per heavy atom. The number of H-pyrrole nitrogens is 1. The quantitative estimate of drug-likeness (QED) is 0.394. The molecule has 6 nitrogen and oxygen atoms in total. The van der Waals surface area contributed by atoms with Crippen molar-refractivity contribution in [3.8, 4) is 5.75 Å². The molecule has 4 aromatic rings. The highest BCUT2D eigenvalue weighted by Gasteiger charge is 2.08. The van der Waals surface area contributed by atoms with Crippen LogP contribution < -0.4 is 4.74 Å². The average molecular weight is 381 g/mol. The van der Waals surface area contributed by atoms with Crippen LogP contribution in [0.5, 0.6) is 5.75 Å². The van der Waals surface area contributed by atoms with Gasteiger partial charge in [0.25, 0.3) is 0 Å². The third-order valence-corrected chi connectivity index (χ3v) is 5.90. The van der Waals surface area contributed by atoms with Gasteiger partial charge >= 0.3 is 0 Å². The molecule has 0 radical (unpaired) electrons. The van der Waals surface area contributed by atoms with Gasteiger partial charge in [0.05, 0.1) is 17.3 Å². The number of hydrogen-bond donors (Lipinski definition) is 1. The lowest BCUT2D eigenvalue weighted by molar-refractivity contribution is 0.411. The minimum atomic E-state index is 0.478. The lowest BCUT2D eigenvalue weighted by Gasteiger charge is -2.08. The summed E-state index contributed by atoms with van der Waals surface area (Å²) in [6.45, 7) is 0. The first-order valence-corrected chi connectivity index (χ1v) is 9.67. The summed E-state index contributed by atoms with van der Waals surface area (Å²) >= 11 is 3.42. The first kappa shape index (κ1) is 16.7. The lowest BCUT2D eigenvalue weighted by Crippen LogP contribution is -1.93. The second-order valence-corrected chi connectivity index (χ2v) is 7.63. The Hall–Kier alpha value is -2.71. The van der Waals surface area contributed by atoms with Crippen LogP contribution in [0.2, 0.25) is 0 Å². The molecule has 0 saturated heterocycles. The number of methoxy groups -OCH3 is 1. The van der Waals surface area contributed by atoms with E-state index in [1.807, 2.05) is 30.3 Å². The summed E-state index contributed by atoms with van der Waals surface area (Å²) in [5.41, 5.74) is 3.11. The standard InChI is InChI=1S/C18H15N5OS2/c1-24-15-7-6-12(9-19-17-20-11-21-23-17)8-13(15)10-25-18-22-14-4-2-3-5-16(14)26-18/h2-9,11H,10H2,1H3,(H,20,21,23). The fourth-order valence-electron chi connectivity index (χ4n) is 2.44. The van der Waals surface area contributed by atoms with E-state index in [4.69, 9.17) is 4.74 Å². The van der Waals surface area contributed by atoms with E-state index >= 15 is 0 Å². The zero-order valence-electron chi connectivity index (χ0n) is 13.9. The third kappa shape index (κ3) is 3.76. The maximum atomic E-state index is 5.49. The Morgan fingerprint density at radius 1 is 1.27 bits per heavy atom. The minimum absolute atomic E-state index is 0.478. The molecule has 0 saturated carbocycles. The molecule has 0 atom stereocenters. The molecule has 1 N–H and O–H groups in total. The Bertz CT molecular complexity index is 1010. The smallest absolute Gasteiger partial charge is 0.245 e. The molecule has 2 heterocycles. The van der Waals surface area contributed by atoms with Crippen molar-refractivity contribution < 1.29 is 4.74 Å². The zero-order chi connectivity index (χ0) is 17.8. The van der Waals surface area contributed by atoms with Crippen molar-refractivity contribution in [2.45, 2.75) is 10.1 Å². The highest BCUT2D eigenvalue weighted by atomic mass is 32.2. The third-order valence-electron chi connectivity index (χ3n) is 3.67. The molecule has 2 aromatic carbocycles. The van der Waals surface area contributed by atoms with Crippen LogP contribution in [0.1, 0.15) is 11.1 Å². The van der Waals surface area contributed by atoms with Gasteiger partial charge in [-0.2, -0.15) is 10.1 Å². The molecule has 2 aromatic heterocycles. The van der Waals surface area contributed by atoms with Crippen LogP contribution in [-0.4, -0.2) is 33.5 Å². The van der Waals surface area contributed by atoms with Gasteiger partial charge in [-0.15, -0.1) is 11.3 Å². The van der Waals surface area contributed by atoms with Gasteiger partial charge < -0.3 is 4.74 Å². The first-order chi connectivity index (χ1) is 12.8. The summed E-state index contributed by atoms with van der Waals surface area (Å²) in [5, 5.41) is 6.49. The predicted octanol–water partition coefficient (Wildman–Crippen LogP) is 4.47. The Balaban J connectivity index is 1.53. The number of aromatic amines is 1. The van der Waals surface area contributed by atoms with Gasteiger partial charge in [0, 0.05) is 17.5 Å². The maximum absolute atomic E-state index is 5.49. The molecule has 4 rings (SSSR count). The number of nitrogens with zero attached hydrogens (tertiary/aromatic N) is 4. The molecule has 0 spiro atoms. The molecule has 0 aliphatic heterocycles. The number of benzene rings is 2. The van der Waals surface area contributed by atoms with Crippen LogP contribution in [0.4, 0.5) is 5.95 Å². The number of aliphatic imine (C=N–C) groups is 1. The molecule has 0 amide bonds. The number of para-hydroxylation sites is 1. The summed E-state index contributed by atoms with van der Waals surface area (Å²) in [5.74, 6) is 2.11. The first-order valence-electron chi connectivity index (χ1n) is 7.86. The number of aromatic nitrogens is 4. The van der Waals surface area contributed by atoms with Crippen LogP contribution in [-0.2, 0) is 5.75 Å². The van der Waals surface area contributed by atoms with E-state index in [-0.39, 0.29) is 0 Å². The summed E-state index contributed by atoms with van der Waals surface area (Å²) in [7, 11) is 1.68. The fraction of sp³-hybridized carbons (Fsp3) is 0.111. The lowest BCUT2D eigenvalue weighted by atomic mass is 10.1. The minimum Gasteiger partial charge on any atom is -0.496 e. The normalized spacial score (nSPS) is 11.4. The fourth-order valence-corrected chi connectivity index (χ4v) is 4.49. The van der Waals surface area contributed by atoms with Crippen LogP contribution in [0, 0.1) is 0 Å². The molecule has 26 heavy (non-hydrogen) atoms. The number of fused-ring (bicyclic) bond motifs is 1. The highest BCUT2D eigenvalue weighted by Crippen LogP contribution is 2.33. The van der Waals surface area contributed by atoms with Crippen molar-refractivity contribution in [1.29, 1.82) is 0 Å². The van der Waals surface area contributed by atoms with E-state index in [0.29, 0.717) is 5.95 Å². The Kier molecular flexibility index (Phi) is 4.94. The molecule has 0 bridgehead atoms. The van der Waals surface area contributed by atoms with Crippen molar-refractivity contribution in [2.75, 3.05) is 7.11 Å². The molecule has 0 fully saturated rings. The maximum Gasteiger partial charge on any atom is 0.245 e. The molecule has 8 heteroatoms. The van der Waals surface area contributed by atoms with Gasteiger partial charge in [-0.25, -0.2) is 15.1 Å². The van der Waals surface area contributed by atoms with E-state index in [9.17, 15) is 0 Å². The van der Waals surface area contributed by atoms with E-state index in [0.717, 1.165) is 32.5 Å². The van der Waals surface area contributed by atoms with Crippen molar-refractivity contribution in [3.05, 3.63) is 59.9 Å². The number of hydrogen-bond acceptors (Lipinski definition) is 7. The summed E-state index contributed by atoms with van der Waals surface area (Å²) in [4.78, 5) is 12.9. The van der Waals surface area contributed by atoms with E-state index in [1.54, 1.807) is 36.4 Å². The van der Waals surface area contributed by atoms with Crippen LogP contribution in [0.15, 0.2) is 58.1 Å². The number of nitrogens with one attached hydrogen (secondary N) is 1. The Morgan fingerprint density at radius 2 is 2.19 bits per heavy atom. The van der Waals surface area contributed by atoms with Crippen molar-refractivity contribution >= 4 is 45.5 Å². The SMILES string of the molecule is COc1ccc(C=Nc2ncn[nH]2)cc1CSc1nc2ccccc2s1. The molecule has 130 valence electrons. The predicted molar refractivity (Wildman–Crippen MR) is 106 cm³/mol. The second kappa shape index (κ2) is 7.67. The summed E-state index contributed by atoms with van der Waals surface area (Å²) in [6.07, 6.45) is 3.19. The van der Waals surface area contributed by atoms with Gasteiger partial charge in [0.15, 0.2) is 4.34 Å². The molecular weight excluding hydrogens is 366 g/mol. The van der Waals surface area contributed by atoms with Crippen molar-refractivity contribution in [2.24, 2.45) is 4.99 Å².